The number of hydrogen-bond donors (Lipinski definition) is 2. The van der Waals surface area contributed by atoms with Gasteiger partial charge in [-0.15, -0.1) is 0 Å². The average molecular weight is 383 g/mol. The Morgan fingerprint density at radius 2 is 1.89 bits per heavy atom. The molecule has 150 valence electrons. The van der Waals surface area contributed by atoms with E-state index in [1.54, 1.807) is 6.20 Å². The minimum absolute atomic E-state index is 0.0277. The fourth-order valence-corrected chi connectivity index (χ4v) is 3.73. The predicted octanol–water partition coefficient (Wildman–Crippen LogP) is 3.22. The smallest absolute Gasteiger partial charge is 0.227 e. The van der Waals surface area contributed by atoms with Crippen LogP contribution in [0.1, 0.15) is 32.3 Å². The zero-order valence-electron chi connectivity index (χ0n) is 16.7. The van der Waals surface area contributed by atoms with E-state index in [2.05, 4.69) is 34.6 Å². The van der Waals surface area contributed by atoms with E-state index in [4.69, 9.17) is 4.74 Å². The SMILES string of the molecule is CC(C)C(CO)NC(=O)C1(Cc2ccc(-c3cccnc3)cc2)CCOCC1. The Labute approximate surface area is 167 Å². The minimum atomic E-state index is -0.490. The maximum atomic E-state index is 13.2. The Morgan fingerprint density at radius 3 is 2.46 bits per heavy atom. The van der Waals surface area contributed by atoms with Crippen LogP contribution >= 0.6 is 0 Å². The summed E-state index contributed by atoms with van der Waals surface area (Å²) in [7, 11) is 0. The Kier molecular flexibility index (Phi) is 6.81. The van der Waals surface area contributed by atoms with Crippen LogP contribution in [-0.4, -0.2) is 41.9 Å². The minimum Gasteiger partial charge on any atom is -0.394 e. The predicted molar refractivity (Wildman–Crippen MR) is 110 cm³/mol. The molecule has 2 heterocycles. The molecule has 1 aromatic heterocycles. The van der Waals surface area contributed by atoms with Gasteiger partial charge in [0.1, 0.15) is 0 Å². The van der Waals surface area contributed by atoms with Crippen molar-refractivity contribution in [1.82, 2.24) is 10.3 Å². The highest BCUT2D eigenvalue weighted by Gasteiger charge is 2.41. The number of rotatable bonds is 7. The van der Waals surface area contributed by atoms with E-state index in [0.29, 0.717) is 32.5 Å². The molecule has 5 heteroatoms. The molecule has 1 amide bonds. The fraction of sp³-hybridized carbons (Fsp3) is 0.478. The van der Waals surface area contributed by atoms with Crippen molar-refractivity contribution in [2.24, 2.45) is 11.3 Å². The van der Waals surface area contributed by atoms with Crippen molar-refractivity contribution in [1.29, 1.82) is 0 Å². The lowest BCUT2D eigenvalue weighted by atomic mass is 9.74. The van der Waals surface area contributed by atoms with E-state index < -0.39 is 5.41 Å². The largest absolute Gasteiger partial charge is 0.394 e. The zero-order chi connectivity index (χ0) is 20.0. The number of aliphatic hydroxyl groups excluding tert-OH is 1. The van der Waals surface area contributed by atoms with E-state index in [9.17, 15) is 9.90 Å². The van der Waals surface area contributed by atoms with Gasteiger partial charge in [-0.2, -0.15) is 0 Å². The van der Waals surface area contributed by atoms with E-state index in [0.717, 1.165) is 16.7 Å². The fourth-order valence-electron chi connectivity index (χ4n) is 3.73. The van der Waals surface area contributed by atoms with Crippen LogP contribution in [0.3, 0.4) is 0 Å². The van der Waals surface area contributed by atoms with Crippen LogP contribution in [0.2, 0.25) is 0 Å². The molecule has 1 aliphatic rings. The van der Waals surface area contributed by atoms with Crippen LogP contribution in [0.4, 0.5) is 0 Å². The van der Waals surface area contributed by atoms with Gasteiger partial charge < -0.3 is 15.2 Å². The standard InChI is InChI=1S/C23H30N2O3/c1-17(2)21(16-26)25-22(27)23(9-12-28-13-10-23)14-18-5-7-19(8-6-18)20-4-3-11-24-15-20/h3-8,11,15,17,21,26H,9-10,12-14,16H2,1-2H3,(H,25,27). The van der Waals surface area contributed by atoms with Crippen molar-refractivity contribution in [3.8, 4) is 11.1 Å². The van der Waals surface area contributed by atoms with Gasteiger partial charge in [-0.05, 0) is 47.9 Å². The van der Waals surface area contributed by atoms with Gasteiger partial charge in [0.15, 0.2) is 0 Å². The van der Waals surface area contributed by atoms with Crippen molar-refractivity contribution in [2.45, 2.75) is 39.2 Å². The Bertz CT molecular complexity index is 753. The van der Waals surface area contributed by atoms with Gasteiger partial charge in [0, 0.05) is 25.6 Å². The quantitative estimate of drug-likeness (QED) is 0.771. The molecule has 5 nitrogen and oxygen atoms in total. The molecule has 1 saturated heterocycles. The van der Waals surface area contributed by atoms with Crippen LogP contribution in [0, 0.1) is 11.3 Å². The number of carbonyl (C=O) groups is 1. The Morgan fingerprint density at radius 1 is 1.18 bits per heavy atom. The number of amides is 1. The molecule has 1 fully saturated rings. The summed E-state index contributed by atoms with van der Waals surface area (Å²) in [6, 6.07) is 12.1. The highest BCUT2D eigenvalue weighted by atomic mass is 16.5. The molecular formula is C23H30N2O3. The first kappa shape index (κ1) is 20.5. The van der Waals surface area contributed by atoms with Gasteiger partial charge in [0.25, 0.3) is 0 Å². The third kappa shape index (κ3) is 4.78. The topological polar surface area (TPSA) is 71.5 Å². The van der Waals surface area contributed by atoms with Crippen LogP contribution in [0.15, 0.2) is 48.8 Å². The molecule has 1 aromatic carbocycles. The van der Waals surface area contributed by atoms with Gasteiger partial charge in [-0.3, -0.25) is 9.78 Å². The molecule has 2 aromatic rings. The van der Waals surface area contributed by atoms with Crippen molar-refractivity contribution in [3.05, 3.63) is 54.4 Å². The molecule has 0 spiro atoms. The van der Waals surface area contributed by atoms with Gasteiger partial charge in [0.2, 0.25) is 5.91 Å². The number of aliphatic hydroxyl groups is 1. The molecule has 1 unspecified atom stereocenters. The number of benzene rings is 1. The molecule has 2 N–H and O–H groups in total. The Hall–Kier alpha value is -2.24. The van der Waals surface area contributed by atoms with Gasteiger partial charge in [-0.25, -0.2) is 0 Å². The first-order valence-corrected chi connectivity index (χ1v) is 10.0. The lowest BCUT2D eigenvalue weighted by Gasteiger charge is -2.37. The third-order valence-corrected chi connectivity index (χ3v) is 5.74. The maximum Gasteiger partial charge on any atom is 0.227 e. The number of carbonyl (C=O) groups excluding carboxylic acids is 1. The van der Waals surface area contributed by atoms with Gasteiger partial charge in [0.05, 0.1) is 18.1 Å². The van der Waals surface area contributed by atoms with Gasteiger partial charge in [-0.1, -0.05) is 44.2 Å². The van der Waals surface area contributed by atoms with Crippen molar-refractivity contribution in [3.63, 3.8) is 0 Å². The lowest BCUT2D eigenvalue weighted by Crippen LogP contribution is -2.51. The summed E-state index contributed by atoms with van der Waals surface area (Å²) in [4.78, 5) is 17.4. The molecule has 0 aliphatic carbocycles. The molecule has 28 heavy (non-hydrogen) atoms. The lowest BCUT2D eigenvalue weighted by molar-refractivity contribution is -0.138. The highest BCUT2D eigenvalue weighted by Crippen LogP contribution is 2.35. The zero-order valence-corrected chi connectivity index (χ0v) is 16.7. The second kappa shape index (κ2) is 9.30. The number of nitrogens with one attached hydrogen (secondary N) is 1. The summed E-state index contributed by atoms with van der Waals surface area (Å²) >= 11 is 0. The second-order valence-electron chi connectivity index (χ2n) is 8.01. The molecule has 3 rings (SSSR count). The summed E-state index contributed by atoms with van der Waals surface area (Å²) in [5.41, 5.74) is 2.84. The molecule has 0 radical (unpaired) electrons. The number of aromatic nitrogens is 1. The van der Waals surface area contributed by atoms with Crippen LogP contribution in [0.5, 0.6) is 0 Å². The van der Waals surface area contributed by atoms with Gasteiger partial charge >= 0.3 is 0 Å². The van der Waals surface area contributed by atoms with Crippen molar-refractivity contribution >= 4 is 5.91 Å². The number of ether oxygens (including phenoxy) is 1. The maximum absolute atomic E-state index is 13.2. The van der Waals surface area contributed by atoms with Crippen molar-refractivity contribution in [2.75, 3.05) is 19.8 Å². The first-order chi connectivity index (χ1) is 13.5. The van der Waals surface area contributed by atoms with Crippen LogP contribution in [0.25, 0.3) is 11.1 Å². The summed E-state index contributed by atoms with van der Waals surface area (Å²) in [5.74, 6) is 0.212. The number of pyridine rings is 1. The van der Waals surface area contributed by atoms with E-state index in [-0.39, 0.29) is 24.5 Å². The Balaban J connectivity index is 1.77. The molecule has 0 saturated carbocycles. The monoisotopic (exact) mass is 382 g/mol. The number of hydrogen-bond acceptors (Lipinski definition) is 4. The summed E-state index contributed by atoms with van der Waals surface area (Å²) in [6.45, 7) is 5.15. The average Bonchev–Trinajstić information content (AvgIpc) is 2.73. The molecule has 1 atom stereocenters. The van der Waals surface area contributed by atoms with E-state index >= 15 is 0 Å². The summed E-state index contributed by atoms with van der Waals surface area (Å²) in [5, 5.41) is 12.7. The second-order valence-corrected chi connectivity index (χ2v) is 8.01. The molecule has 0 bridgehead atoms. The normalized spacial score (nSPS) is 17.3. The van der Waals surface area contributed by atoms with E-state index in [1.165, 1.54) is 0 Å². The molecular weight excluding hydrogens is 352 g/mol. The van der Waals surface area contributed by atoms with Crippen molar-refractivity contribution < 1.29 is 14.6 Å². The third-order valence-electron chi connectivity index (χ3n) is 5.74. The van der Waals surface area contributed by atoms with Crippen LogP contribution < -0.4 is 5.32 Å². The summed E-state index contributed by atoms with van der Waals surface area (Å²) in [6.07, 6.45) is 5.68. The van der Waals surface area contributed by atoms with E-state index in [1.807, 2.05) is 32.2 Å². The first-order valence-electron chi connectivity index (χ1n) is 10.0. The highest BCUT2D eigenvalue weighted by molar-refractivity contribution is 5.83. The summed E-state index contributed by atoms with van der Waals surface area (Å²) < 4.78 is 5.53. The molecule has 1 aliphatic heterocycles. The number of nitrogens with zero attached hydrogens (tertiary/aromatic N) is 1. The van der Waals surface area contributed by atoms with Crippen LogP contribution in [-0.2, 0) is 16.0 Å².